The van der Waals surface area contributed by atoms with Crippen molar-refractivity contribution in [3.8, 4) is 0 Å². The number of likely N-dealkylation sites (tertiary alicyclic amines) is 1. The third-order valence-corrected chi connectivity index (χ3v) is 6.69. The van der Waals surface area contributed by atoms with Crippen LogP contribution in [-0.4, -0.2) is 54.1 Å². The zero-order valence-corrected chi connectivity index (χ0v) is 17.2. The second-order valence-corrected chi connectivity index (χ2v) is 8.86. The number of carbonyl (C=O) groups is 2. The molecule has 6 nitrogen and oxygen atoms in total. The van der Waals surface area contributed by atoms with Gasteiger partial charge in [-0.3, -0.25) is 9.59 Å². The lowest BCUT2D eigenvalue weighted by molar-refractivity contribution is -0.230. The molecule has 3 atom stereocenters. The number of halogens is 1. The number of rotatable bonds is 3. The Morgan fingerprint density at radius 1 is 1.19 bits per heavy atom. The summed E-state index contributed by atoms with van der Waals surface area (Å²) >= 11 is 0. The zero-order chi connectivity index (χ0) is 18.4. The Hall–Kier alpha value is -0.850. The van der Waals surface area contributed by atoms with Crippen LogP contribution >= 0.6 is 12.4 Å². The summed E-state index contributed by atoms with van der Waals surface area (Å²) in [5.41, 5.74) is 5.56. The normalized spacial score (nSPS) is 33.7. The predicted octanol–water partition coefficient (Wildman–Crippen LogP) is 1.70. The van der Waals surface area contributed by atoms with Gasteiger partial charge in [0.1, 0.15) is 5.54 Å². The smallest absolute Gasteiger partial charge is 0.243 e. The number of piperidine rings is 1. The number of fused-ring (bicyclic) bond motifs is 1. The summed E-state index contributed by atoms with van der Waals surface area (Å²) in [6.45, 7) is 10.0. The fourth-order valence-electron chi connectivity index (χ4n) is 4.87. The van der Waals surface area contributed by atoms with Crippen LogP contribution in [-0.2, 0) is 14.3 Å². The molecule has 1 saturated carbocycles. The highest BCUT2D eigenvalue weighted by Crippen LogP contribution is 2.58. The number of hydrogen-bond acceptors (Lipinski definition) is 4. The molecule has 2 heterocycles. The molecule has 3 rings (SSSR count). The summed E-state index contributed by atoms with van der Waals surface area (Å²) in [6.07, 6.45) is 3.64. The third kappa shape index (κ3) is 3.25. The molecule has 26 heavy (non-hydrogen) atoms. The molecular formula is C19H34ClN3O3. The highest BCUT2D eigenvalue weighted by molar-refractivity contribution is 5.89. The maximum absolute atomic E-state index is 13.3. The highest BCUT2D eigenvalue weighted by atomic mass is 35.5. The molecule has 3 fully saturated rings. The number of amides is 2. The molecule has 0 bridgehead atoms. The van der Waals surface area contributed by atoms with Gasteiger partial charge in [0.05, 0.1) is 6.10 Å². The van der Waals surface area contributed by atoms with E-state index >= 15 is 0 Å². The minimum absolute atomic E-state index is 0. The van der Waals surface area contributed by atoms with Gasteiger partial charge >= 0.3 is 0 Å². The van der Waals surface area contributed by atoms with Crippen LogP contribution < -0.4 is 11.1 Å². The standard InChI is InChI=1S/C19H33N3O3.ClH/c1-12(2)16(23)21-13-7-9-22(10-8-13)17(24)19(20)14-6-5-11-25-15(14)18(19,3)4;/h12-15H,5-11,20H2,1-4H3,(H,21,23);1H. The van der Waals surface area contributed by atoms with Crippen LogP contribution in [0, 0.1) is 17.3 Å². The van der Waals surface area contributed by atoms with E-state index in [1.807, 2.05) is 18.7 Å². The Bertz CT molecular complexity index is 546. The minimum atomic E-state index is -0.827. The topological polar surface area (TPSA) is 84.7 Å². The molecule has 0 spiro atoms. The van der Waals surface area contributed by atoms with Crippen molar-refractivity contribution in [3.05, 3.63) is 0 Å². The van der Waals surface area contributed by atoms with Crippen LogP contribution in [0.5, 0.6) is 0 Å². The van der Waals surface area contributed by atoms with Gasteiger partial charge in [-0.25, -0.2) is 0 Å². The highest BCUT2D eigenvalue weighted by Gasteiger charge is 2.70. The second-order valence-electron chi connectivity index (χ2n) is 8.86. The number of carbonyl (C=O) groups excluding carboxylic acids is 2. The number of hydrogen-bond donors (Lipinski definition) is 2. The Morgan fingerprint density at radius 3 is 2.38 bits per heavy atom. The largest absolute Gasteiger partial charge is 0.377 e. The Balaban J connectivity index is 0.00000243. The monoisotopic (exact) mass is 387 g/mol. The van der Waals surface area contributed by atoms with Crippen LogP contribution in [0.2, 0.25) is 0 Å². The van der Waals surface area contributed by atoms with Crippen molar-refractivity contribution in [2.24, 2.45) is 23.0 Å². The van der Waals surface area contributed by atoms with E-state index in [1.54, 1.807) is 0 Å². The van der Waals surface area contributed by atoms with Gasteiger partial charge < -0.3 is 20.7 Å². The van der Waals surface area contributed by atoms with Gasteiger partial charge in [0.15, 0.2) is 0 Å². The Kier molecular flexibility index (Phi) is 6.31. The van der Waals surface area contributed by atoms with Crippen molar-refractivity contribution in [2.75, 3.05) is 19.7 Å². The predicted molar refractivity (Wildman–Crippen MR) is 103 cm³/mol. The third-order valence-electron chi connectivity index (χ3n) is 6.69. The van der Waals surface area contributed by atoms with Gasteiger partial charge in [0.25, 0.3) is 0 Å². The summed E-state index contributed by atoms with van der Waals surface area (Å²) in [5.74, 6) is 0.272. The second kappa shape index (κ2) is 7.64. The van der Waals surface area contributed by atoms with Crippen LogP contribution in [0.4, 0.5) is 0 Å². The molecule has 2 saturated heterocycles. The summed E-state index contributed by atoms with van der Waals surface area (Å²) in [5, 5.41) is 3.08. The SMILES string of the molecule is CC(C)C(=O)NC1CCN(C(=O)C2(N)C3CCCOC3C2(C)C)CC1.Cl. The van der Waals surface area contributed by atoms with Gasteiger partial charge in [0, 0.05) is 43.0 Å². The number of nitrogens with zero attached hydrogens (tertiary/aromatic N) is 1. The zero-order valence-electron chi connectivity index (χ0n) is 16.4. The van der Waals surface area contributed by atoms with E-state index in [-0.39, 0.29) is 53.6 Å². The summed E-state index contributed by atoms with van der Waals surface area (Å²) in [7, 11) is 0. The van der Waals surface area contributed by atoms with E-state index in [1.165, 1.54) is 0 Å². The van der Waals surface area contributed by atoms with Crippen molar-refractivity contribution in [3.63, 3.8) is 0 Å². The van der Waals surface area contributed by atoms with E-state index in [4.69, 9.17) is 10.5 Å². The lowest BCUT2D eigenvalue weighted by atomic mass is 9.46. The van der Waals surface area contributed by atoms with Crippen molar-refractivity contribution in [1.29, 1.82) is 0 Å². The van der Waals surface area contributed by atoms with Gasteiger partial charge in [0.2, 0.25) is 11.8 Å². The first-order valence-corrected chi connectivity index (χ1v) is 9.69. The molecule has 0 aromatic rings. The summed E-state index contributed by atoms with van der Waals surface area (Å²) < 4.78 is 5.91. The van der Waals surface area contributed by atoms with Crippen LogP contribution in [0.15, 0.2) is 0 Å². The summed E-state index contributed by atoms with van der Waals surface area (Å²) in [4.78, 5) is 27.0. The van der Waals surface area contributed by atoms with Crippen LogP contribution in [0.1, 0.15) is 53.4 Å². The molecule has 0 aromatic carbocycles. The molecule has 3 N–H and O–H groups in total. The van der Waals surface area contributed by atoms with Crippen molar-refractivity contribution < 1.29 is 14.3 Å². The molecule has 2 aliphatic heterocycles. The van der Waals surface area contributed by atoms with E-state index in [0.29, 0.717) is 13.1 Å². The maximum atomic E-state index is 13.3. The molecule has 2 amide bonds. The van der Waals surface area contributed by atoms with E-state index < -0.39 is 5.54 Å². The molecular weight excluding hydrogens is 354 g/mol. The maximum Gasteiger partial charge on any atom is 0.243 e. The van der Waals surface area contributed by atoms with Gasteiger partial charge in [-0.15, -0.1) is 12.4 Å². The number of ether oxygens (including phenoxy) is 1. The molecule has 0 aromatic heterocycles. The van der Waals surface area contributed by atoms with Crippen molar-refractivity contribution in [2.45, 2.75) is 71.1 Å². The fraction of sp³-hybridized carbons (Fsp3) is 0.895. The minimum Gasteiger partial charge on any atom is -0.377 e. The molecule has 3 unspecified atom stereocenters. The first-order chi connectivity index (χ1) is 11.7. The molecule has 3 aliphatic rings. The molecule has 7 heteroatoms. The lowest BCUT2D eigenvalue weighted by Gasteiger charge is -2.66. The van der Waals surface area contributed by atoms with Crippen LogP contribution in [0.3, 0.4) is 0 Å². The van der Waals surface area contributed by atoms with Gasteiger partial charge in [-0.05, 0) is 25.7 Å². The van der Waals surface area contributed by atoms with E-state index in [0.717, 1.165) is 32.3 Å². The molecule has 0 radical (unpaired) electrons. The number of nitrogens with two attached hydrogens (primary N) is 1. The number of nitrogens with one attached hydrogen (secondary N) is 1. The quantitative estimate of drug-likeness (QED) is 0.771. The average Bonchev–Trinajstić information content (AvgIpc) is 2.60. The van der Waals surface area contributed by atoms with E-state index in [2.05, 4.69) is 19.2 Å². The molecule has 1 aliphatic carbocycles. The first kappa shape index (κ1) is 21.5. The van der Waals surface area contributed by atoms with Gasteiger partial charge in [-0.2, -0.15) is 0 Å². The Labute approximate surface area is 163 Å². The lowest BCUT2D eigenvalue weighted by Crippen LogP contribution is -2.82. The molecule has 150 valence electrons. The van der Waals surface area contributed by atoms with Crippen molar-refractivity contribution in [1.82, 2.24) is 10.2 Å². The first-order valence-electron chi connectivity index (χ1n) is 9.69. The summed E-state index contributed by atoms with van der Waals surface area (Å²) in [6, 6.07) is 0.160. The average molecular weight is 388 g/mol. The van der Waals surface area contributed by atoms with Gasteiger partial charge in [-0.1, -0.05) is 27.7 Å². The van der Waals surface area contributed by atoms with E-state index in [9.17, 15) is 9.59 Å². The van der Waals surface area contributed by atoms with Crippen LogP contribution in [0.25, 0.3) is 0 Å². The Morgan fingerprint density at radius 2 is 1.81 bits per heavy atom. The fourth-order valence-corrected chi connectivity index (χ4v) is 4.87. The van der Waals surface area contributed by atoms with Crippen molar-refractivity contribution >= 4 is 24.2 Å².